The van der Waals surface area contributed by atoms with Gasteiger partial charge in [0.25, 0.3) is 0 Å². The molecule has 0 bridgehead atoms. The summed E-state index contributed by atoms with van der Waals surface area (Å²) in [4.78, 5) is 16.2. The minimum atomic E-state index is -0.279. The van der Waals surface area contributed by atoms with Crippen molar-refractivity contribution in [1.29, 1.82) is 0 Å². The fraction of sp³-hybridized carbons (Fsp3) is 0.211. The lowest BCUT2D eigenvalue weighted by molar-refractivity contribution is 0.198. The lowest BCUT2D eigenvalue weighted by atomic mass is 10.2. The summed E-state index contributed by atoms with van der Waals surface area (Å²) in [7, 11) is 0. The van der Waals surface area contributed by atoms with Gasteiger partial charge in [0.2, 0.25) is 0 Å². The summed E-state index contributed by atoms with van der Waals surface area (Å²) in [6.07, 6.45) is 3.32. The number of carbonyl (C=O) groups is 1. The Kier molecular flexibility index (Phi) is 5.56. The van der Waals surface area contributed by atoms with Crippen molar-refractivity contribution in [3.63, 3.8) is 0 Å². The molecule has 1 saturated heterocycles. The maximum atomic E-state index is 12.8. The molecule has 1 aliphatic heterocycles. The van der Waals surface area contributed by atoms with E-state index in [2.05, 4.69) is 10.2 Å². The zero-order valence-electron chi connectivity index (χ0n) is 13.7. The summed E-state index contributed by atoms with van der Waals surface area (Å²) >= 11 is 6.03. The first-order valence-corrected chi connectivity index (χ1v) is 8.48. The van der Waals surface area contributed by atoms with Gasteiger partial charge >= 0.3 is 6.03 Å². The van der Waals surface area contributed by atoms with E-state index in [1.807, 2.05) is 24.3 Å². The molecular weight excluding hydrogens is 341 g/mol. The van der Waals surface area contributed by atoms with Gasteiger partial charge in [0.05, 0.1) is 0 Å². The first-order chi connectivity index (χ1) is 12.1. The molecule has 2 aromatic carbocycles. The molecule has 1 fully saturated rings. The van der Waals surface area contributed by atoms with Crippen LogP contribution in [0.15, 0.2) is 54.7 Å². The Morgan fingerprint density at radius 1 is 1.08 bits per heavy atom. The summed E-state index contributed by atoms with van der Waals surface area (Å²) in [6.45, 7) is 2.80. The number of rotatable bonds is 3. The molecule has 0 aromatic heterocycles. The fourth-order valence-corrected chi connectivity index (χ4v) is 2.90. The van der Waals surface area contributed by atoms with Crippen LogP contribution in [-0.2, 0) is 0 Å². The van der Waals surface area contributed by atoms with Gasteiger partial charge < -0.3 is 15.1 Å². The topological polar surface area (TPSA) is 35.6 Å². The highest BCUT2D eigenvalue weighted by atomic mass is 35.5. The van der Waals surface area contributed by atoms with Crippen molar-refractivity contribution in [2.45, 2.75) is 0 Å². The van der Waals surface area contributed by atoms with Crippen LogP contribution in [0.5, 0.6) is 0 Å². The third-order valence-electron chi connectivity index (χ3n) is 4.09. The molecule has 3 rings (SSSR count). The zero-order chi connectivity index (χ0) is 17.6. The summed E-state index contributed by atoms with van der Waals surface area (Å²) in [6, 6.07) is 13.7. The Balaban J connectivity index is 1.49. The molecule has 25 heavy (non-hydrogen) atoms. The first-order valence-electron chi connectivity index (χ1n) is 8.10. The SMILES string of the molecule is O=C(N/C=C/c1ccc(F)cc1)N1CCN(c2cccc(Cl)c2)CC1. The first kappa shape index (κ1) is 17.3. The number of urea groups is 1. The molecule has 1 heterocycles. The number of amides is 2. The van der Waals surface area contributed by atoms with Gasteiger partial charge in [0.15, 0.2) is 0 Å². The van der Waals surface area contributed by atoms with Gasteiger partial charge in [-0.3, -0.25) is 0 Å². The van der Waals surface area contributed by atoms with Crippen LogP contribution in [0.25, 0.3) is 6.08 Å². The van der Waals surface area contributed by atoms with E-state index in [0.717, 1.165) is 24.3 Å². The standard InChI is InChI=1S/C19H19ClFN3O/c20-16-2-1-3-18(14-16)23-10-12-24(13-11-23)19(25)22-9-8-15-4-6-17(21)7-5-15/h1-9,14H,10-13H2,(H,22,25)/b9-8+. The molecule has 0 unspecified atom stereocenters. The fourth-order valence-electron chi connectivity index (χ4n) is 2.71. The van der Waals surface area contributed by atoms with Crippen LogP contribution >= 0.6 is 11.6 Å². The Morgan fingerprint density at radius 3 is 2.48 bits per heavy atom. The van der Waals surface area contributed by atoms with Crippen molar-refractivity contribution in [1.82, 2.24) is 10.2 Å². The highest BCUT2D eigenvalue weighted by Gasteiger charge is 2.20. The Morgan fingerprint density at radius 2 is 1.80 bits per heavy atom. The summed E-state index contributed by atoms with van der Waals surface area (Å²) in [5.74, 6) is -0.279. The summed E-state index contributed by atoms with van der Waals surface area (Å²) < 4.78 is 12.8. The van der Waals surface area contributed by atoms with E-state index < -0.39 is 0 Å². The predicted octanol–water partition coefficient (Wildman–Crippen LogP) is 3.98. The van der Waals surface area contributed by atoms with Gasteiger partial charge in [-0.05, 0) is 42.0 Å². The van der Waals surface area contributed by atoms with Gasteiger partial charge in [-0.15, -0.1) is 0 Å². The van der Waals surface area contributed by atoms with E-state index >= 15 is 0 Å². The molecule has 0 radical (unpaired) electrons. The number of benzene rings is 2. The molecule has 0 spiro atoms. The average molecular weight is 360 g/mol. The lowest BCUT2D eigenvalue weighted by Gasteiger charge is -2.35. The molecule has 130 valence electrons. The zero-order valence-corrected chi connectivity index (χ0v) is 14.4. The van der Waals surface area contributed by atoms with E-state index in [-0.39, 0.29) is 11.8 Å². The average Bonchev–Trinajstić information content (AvgIpc) is 2.63. The Bertz CT molecular complexity index is 756. The van der Waals surface area contributed by atoms with Crippen LogP contribution in [0, 0.1) is 5.82 Å². The van der Waals surface area contributed by atoms with Crippen LogP contribution in [-0.4, -0.2) is 37.1 Å². The molecule has 0 atom stereocenters. The van der Waals surface area contributed by atoms with E-state index in [1.54, 1.807) is 29.3 Å². The van der Waals surface area contributed by atoms with Crippen LogP contribution in [0.2, 0.25) is 5.02 Å². The van der Waals surface area contributed by atoms with Gasteiger partial charge in [0.1, 0.15) is 5.82 Å². The van der Waals surface area contributed by atoms with Gasteiger partial charge in [-0.1, -0.05) is 29.8 Å². The van der Waals surface area contributed by atoms with Gasteiger partial charge in [0, 0.05) is 43.1 Å². The van der Waals surface area contributed by atoms with Crippen molar-refractivity contribution in [2.24, 2.45) is 0 Å². The number of hydrogen-bond acceptors (Lipinski definition) is 2. The van der Waals surface area contributed by atoms with Crippen LogP contribution in [0.4, 0.5) is 14.9 Å². The van der Waals surface area contributed by atoms with Crippen LogP contribution in [0.3, 0.4) is 0 Å². The minimum Gasteiger partial charge on any atom is -0.368 e. The number of hydrogen-bond donors (Lipinski definition) is 1. The molecule has 6 heteroatoms. The molecular formula is C19H19ClFN3O. The smallest absolute Gasteiger partial charge is 0.321 e. The normalized spacial score (nSPS) is 14.8. The van der Waals surface area contributed by atoms with E-state index in [1.165, 1.54) is 12.1 Å². The maximum Gasteiger partial charge on any atom is 0.321 e. The Hall–Kier alpha value is -2.53. The third kappa shape index (κ3) is 4.73. The van der Waals surface area contributed by atoms with Crippen molar-refractivity contribution < 1.29 is 9.18 Å². The summed E-state index contributed by atoms with van der Waals surface area (Å²) in [5, 5.41) is 3.46. The second-order valence-electron chi connectivity index (χ2n) is 5.79. The molecule has 0 saturated carbocycles. The molecule has 2 aromatic rings. The maximum absolute atomic E-state index is 12.8. The number of anilines is 1. The largest absolute Gasteiger partial charge is 0.368 e. The quantitative estimate of drug-likeness (QED) is 0.899. The van der Waals surface area contributed by atoms with Crippen LogP contribution < -0.4 is 10.2 Å². The minimum absolute atomic E-state index is 0.135. The van der Waals surface area contributed by atoms with Crippen molar-refractivity contribution in [3.05, 3.63) is 71.1 Å². The van der Waals surface area contributed by atoms with Crippen molar-refractivity contribution >= 4 is 29.4 Å². The third-order valence-corrected chi connectivity index (χ3v) is 4.33. The Labute approximate surface area is 151 Å². The predicted molar refractivity (Wildman–Crippen MR) is 99.2 cm³/mol. The van der Waals surface area contributed by atoms with Gasteiger partial charge in [-0.2, -0.15) is 0 Å². The van der Waals surface area contributed by atoms with Crippen molar-refractivity contribution in [2.75, 3.05) is 31.1 Å². The van der Waals surface area contributed by atoms with Crippen molar-refractivity contribution in [3.8, 4) is 0 Å². The second-order valence-corrected chi connectivity index (χ2v) is 6.22. The number of carbonyl (C=O) groups excluding carboxylic acids is 1. The van der Waals surface area contributed by atoms with E-state index in [0.29, 0.717) is 18.1 Å². The van der Waals surface area contributed by atoms with Crippen LogP contribution in [0.1, 0.15) is 5.56 Å². The van der Waals surface area contributed by atoms with E-state index in [4.69, 9.17) is 11.6 Å². The molecule has 4 nitrogen and oxygen atoms in total. The highest BCUT2D eigenvalue weighted by Crippen LogP contribution is 2.20. The number of nitrogens with zero attached hydrogens (tertiary/aromatic N) is 2. The number of nitrogens with one attached hydrogen (secondary N) is 1. The molecule has 1 aliphatic rings. The van der Waals surface area contributed by atoms with E-state index in [9.17, 15) is 9.18 Å². The monoisotopic (exact) mass is 359 g/mol. The number of halogens is 2. The molecule has 0 aliphatic carbocycles. The lowest BCUT2D eigenvalue weighted by Crippen LogP contribution is -2.51. The van der Waals surface area contributed by atoms with Gasteiger partial charge in [-0.25, -0.2) is 9.18 Å². The number of piperazine rings is 1. The second kappa shape index (κ2) is 8.03. The molecule has 1 N–H and O–H groups in total. The summed E-state index contributed by atoms with van der Waals surface area (Å²) in [5.41, 5.74) is 1.90. The highest BCUT2D eigenvalue weighted by molar-refractivity contribution is 6.30. The molecule has 2 amide bonds.